The van der Waals surface area contributed by atoms with Crippen LogP contribution in [0.2, 0.25) is 0 Å². The molecule has 0 bridgehead atoms. The van der Waals surface area contributed by atoms with Crippen LogP contribution in [-0.4, -0.2) is 15.6 Å². The minimum Gasteiger partial charge on any atom is -0.338 e. The maximum absolute atomic E-state index is 6.17. The molecule has 3 heteroatoms. The van der Waals surface area contributed by atoms with Gasteiger partial charge in [0.15, 0.2) is 0 Å². The van der Waals surface area contributed by atoms with Gasteiger partial charge in [0.05, 0.1) is 0 Å². The van der Waals surface area contributed by atoms with E-state index < -0.39 is 0 Å². The van der Waals surface area contributed by atoms with Crippen LogP contribution in [0.25, 0.3) is 0 Å². The van der Waals surface area contributed by atoms with Gasteiger partial charge in [0.2, 0.25) is 0 Å². The lowest BCUT2D eigenvalue weighted by molar-refractivity contribution is 0.535. The van der Waals surface area contributed by atoms with Gasteiger partial charge in [0, 0.05) is 31.9 Å². The monoisotopic (exact) mass is 257 g/mol. The molecule has 2 rings (SSSR count). The average molecular weight is 257 g/mol. The van der Waals surface area contributed by atoms with Crippen molar-refractivity contribution in [3.63, 3.8) is 0 Å². The average Bonchev–Trinajstić information content (AvgIpc) is 2.83. The summed E-state index contributed by atoms with van der Waals surface area (Å²) < 4.78 is 2.07. The van der Waals surface area contributed by atoms with Crippen LogP contribution < -0.4 is 5.73 Å². The zero-order valence-corrected chi connectivity index (χ0v) is 11.6. The summed E-state index contributed by atoms with van der Waals surface area (Å²) in [6.45, 7) is 0. The standard InChI is InChI=1S/C16H23N3/c1-19-13-12-18-16(19)11-10-15(17)9-5-8-14-6-3-2-4-7-14/h2-4,6-7,12-13,15H,5,8-11,17H2,1H3. The van der Waals surface area contributed by atoms with Gasteiger partial charge < -0.3 is 10.3 Å². The number of aryl methyl sites for hydroxylation is 3. The number of hydrogen-bond acceptors (Lipinski definition) is 2. The number of imidazole rings is 1. The number of nitrogens with zero attached hydrogens (tertiary/aromatic N) is 2. The van der Waals surface area contributed by atoms with E-state index in [1.54, 1.807) is 0 Å². The van der Waals surface area contributed by atoms with E-state index in [0.29, 0.717) is 0 Å². The van der Waals surface area contributed by atoms with Crippen LogP contribution in [0, 0.1) is 0 Å². The van der Waals surface area contributed by atoms with Gasteiger partial charge in [-0.1, -0.05) is 30.3 Å². The molecule has 1 atom stereocenters. The lowest BCUT2D eigenvalue weighted by Gasteiger charge is -2.11. The molecule has 0 aliphatic rings. The Morgan fingerprint density at radius 3 is 2.63 bits per heavy atom. The first kappa shape index (κ1) is 13.8. The second-order valence-electron chi connectivity index (χ2n) is 5.13. The lowest BCUT2D eigenvalue weighted by Crippen LogP contribution is -2.21. The highest BCUT2D eigenvalue weighted by Crippen LogP contribution is 2.09. The lowest BCUT2D eigenvalue weighted by atomic mass is 10.0. The molecule has 1 heterocycles. The van der Waals surface area contributed by atoms with Gasteiger partial charge in [-0.3, -0.25) is 0 Å². The quantitative estimate of drug-likeness (QED) is 0.829. The molecular formula is C16H23N3. The van der Waals surface area contributed by atoms with E-state index in [2.05, 4.69) is 39.9 Å². The Labute approximate surface area is 115 Å². The van der Waals surface area contributed by atoms with Crippen LogP contribution in [0.1, 0.15) is 30.7 Å². The second-order valence-corrected chi connectivity index (χ2v) is 5.13. The third kappa shape index (κ3) is 4.52. The summed E-state index contributed by atoms with van der Waals surface area (Å²) in [6, 6.07) is 10.9. The summed E-state index contributed by atoms with van der Waals surface area (Å²) in [7, 11) is 2.03. The molecule has 1 aromatic carbocycles. The first-order valence-electron chi connectivity index (χ1n) is 7.01. The molecule has 3 nitrogen and oxygen atoms in total. The van der Waals surface area contributed by atoms with Crippen LogP contribution >= 0.6 is 0 Å². The van der Waals surface area contributed by atoms with Crippen molar-refractivity contribution in [1.29, 1.82) is 0 Å². The molecule has 0 spiro atoms. The summed E-state index contributed by atoms with van der Waals surface area (Å²) in [5.74, 6) is 1.12. The molecule has 0 aliphatic heterocycles. The Kier molecular flexibility index (Phi) is 5.16. The molecule has 0 aliphatic carbocycles. The van der Waals surface area contributed by atoms with E-state index in [1.165, 1.54) is 5.56 Å². The Hall–Kier alpha value is -1.61. The number of hydrogen-bond donors (Lipinski definition) is 1. The number of rotatable bonds is 7. The van der Waals surface area contributed by atoms with Crippen molar-refractivity contribution in [2.75, 3.05) is 0 Å². The fraction of sp³-hybridized carbons (Fsp3) is 0.438. The maximum atomic E-state index is 6.17. The van der Waals surface area contributed by atoms with Crippen LogP contribution in [0.4, 0.5) is 0 Å². The highest BCUT2D eigenvalue weighted by atomic mass is 15.0. The van der Waals surface area contributed by atoms with Gasteiger partial charge in [0.25, 0.3) is 0 Å². The van der Waals surface area contributed by atoms with Crippen LogP contribution in [0.3, 0.4) is 0 Å². The number of aromatic nitrogens is 2. The van der Waals surface area contributed by atoms with E-state index in [9.17, 15) is 0 Å². The summed E-state index contributed by atoms with van der Waals surface area (Å²) in [5, 5.41) is 0. The summed E-state index contributed by atoms with van der Waals surface area (Å²) in [5.41, 5.74) is 7.57. The third-order valence-electron chi connectivity index (χ3n) is 3.54. The highest BCUT2D eigenvalue weighted by molar-refractivity contribution is 5.14. The molecule has 0 radical (unpaired) electrons. The Morgan fingerprint density at radius 1 is 1.16 bits per heavy atom. The minimum atomic E-state index is 0.278. The van der Waals surface area contributed by atoms with Crippen molar-refractivity contribution in [3.05, 3.63) is 54.1 Å². The Morgan fingerprint density at radius 2 is 1.95 bits per heavy atom. The van der Waals surface area contributed by atoms with Crippen LogP contribution in [-0.2, 0) is 19.9 Å². The molecule has 1 aromatic heterocycles. The fourth-order valence-corrected chi connectivity index (χ4v) is 2.31. The van der Waals surface area contributed by atoms with Gasteiger partial charge in [-0.2, -0.15) is 0 Å². The molecule has 1 unspecified atom stereocenters. The Bertz CT molecular complexity index is 476. The zero-order chi connectivity index (χ0) is 13.5. The van der Waals surface area contributed by atoms with Crippen molar-refractivity contribution in [2.24, 2.45) is 12.8 Å². The number of nitrogens with two attached hydrogens (primary N) is 1. The predicted molar refractivity (Wildman–Crippen MR) is 78.9 cm³/mol. The molecule has 0 saturated heterocycles. The van der Waals surface area contributed by atoms with Gasteiger partial charge in [-0.25, -0.2) is 4.98 Å². The van der Waals surface area contributed by atoms with Gasteiger partial charge >= 0.3 is 0 Å². The molecule has 0 amide bonds. The van der Waals surface area contributed by atoms with E-state index in [-0.39, 0.29) is 6.04 Å². The van der Waals surface area contributed by atoms with Crippen molar-refractivity contribution in [1.82, 2.24) is 9.55 Å². The molecule has 19 heavy (non-hydrogen) atoms. The van der Waals surface area contributed by atoms with Crippen molar-refractivity contribution in [3.8, 4) is 0 Å². The third-order valence-corrected chi connectivity index (χ3v) is 3.54. The van der Waals surface area contributed by atoms with Crippen molar-refractivity contribution >= 4 is 0 Å². The zero-order valence-electron chi connectivity index (χ0n) is 11.6. The molecule has 2 aromatic rings. The molecule has 102 valence electrons. The normalized spacial score (nSPS) is 12.5. The first-order valence-corrected chi connectivity index (χ1v) is 7.01. The van der Waals surface area contributed by atoms with E-state index in [0.717, 1.165) is 37.9 Å². The molecule has 0 fully saturated rings. The first-order chi connectivity index (χ1) is 9.25. The van der Waals surface area contributed by atoms with E-state index in [4.69, 9.17) is 5.73 Å². The summed E-state index contributed by atoms with van der Waals surface area (Å²) in [6.07, 6.45) is 9.17. The summed E-state index contributed by atoms with van der Waals surface area (Å²) in [4.78, 5) is 4.32. The largest absolute Gasteiger partial charge is 0.338 e. The highest BCUT2D eigenvalue weighted by Gasteiger charge is 2.06. The van der Waals surface area contributed by atoms with Crippen molar-refractivity contribution < 1.29 is 0 Å². The van der Waals surface area contributed by atoms with Gasteiger partial charge in [0.1, 0.15) is 5.82 Å². The Balaban J connectivity index is 1.65. The maximum Gasteiger partial charge on any atom is 0.108 e. The minimum absolute atomic E-state index is 0.278. The molecule has 2 N–H and O–H groups in total. The van der Waals surface area contributed by atoms with E-state index >= 15 is 0 Å². The topological polar surface area (TPSA) is 43.8 Å². The van der Waals surface area contributed by atoms with Gasteiger partial charge in [-0.15, -0.1) is 0 Å². The van der Waals surface area contributed by atoms with E-state index in [1.807, 2.05) is 19.4 Å². The number of benzene rings is 1. The van der Waals surface area contributed by atoms with Crippen molar-refractivity contribution in [2.45, 2.75) is 38.1 Å². The summed E-state index contributed by atoms with van der Waals surface area (Å²) >= 11 is 0. The van der Waals surface area contributed by atoms with Crippen LogP contribution in [0.5, 0.6) is 0 Å². The smallest absolute Gasteiger partial charge is 0.108 e. The fourth-order valence-electron chi connectivity index (χ4n) is 2.31. The SMILES string of the molecule is Cn1ccnc1CCC(N)CCCc1ccccc1. The molecule has 0 saturated carbocycles. The second kappa shape index (κ2) is 7.10. The van der Waals surface area contributed by atoms with Gasteiger partial charge in [-0.05, 0) is 31.2 Å². The van der Waals surface area contributed by atoms with Crippen LogP contribution in [0.15, 0.2) is 42.7 Å². The molecular weight excluding hydrogens is 234 g/mol. The predicted octanol–water partition coefficient (Wildman–Crippen LogP) is 2.70.